The summed E-state index contributed by atoms with van der Waals surface area (Å²) >= 11 is 0. The third kappa shape index (κ3) is 10.3. The maximum atomic E-state index is 14.8. The number of hydrogen-bond acceptors (Lipinski definition) is 10. The molecule has 2 aromatic heterocycles. The molecule has 322 valence electrons. The monoisotopic (exact) mass is 816 g/mol. The molecule has 1 saturated heterocycles. The largest absolute Gasteiger partial charge is 0.492 e. The number of nitrogens with zero attached hydrogens (tertiary/aromatic N) is 5. The Morgan fingerprint density at radius 2 is 1.85 bits per heavy atom. The van der Waals surface area contributed by atoms with Gasteiger partial charge in [0.2, 0.25) is 17.7 Å². The van der Waals surface area contributed by atoms with Crippen LogP contribution in [-0.2, 0) is 19.2 Å². The summed E-state index contributed by atoms with van der Waals surface area (Å²) in [6, 6.07) is 7.44. The fourth-order valence-electron chi connectivity index (χ4n) is 8.59. The molecule has 59 heavy (non-hydrogen) atoms. The Morgan fingerprint density at radius 3 is 2.47 bits per heavy atom. The average Bonchev–Trinajstić information content (AvgIpc) is 3.47. The normalized spacial score (nSPS) is 24.7. The molecule has 6 rings (SSSR count). The van der Waals surface area contributed by atoms with Crippen LogP contribution in [0.2, 0.25) is 0 Å². The first-order chi connectivity index (χ1) is 27.9. The number of anilines is 1. The first-order valence-electron chi connectivity index (χ1n) is 21.2. The number of aliphatic carboxylic acids is 1. The topological polar surface area (TPSA) is 180 Å². The van der Waals surface area contributed by atoms with Gasteiger partial charge in [-0.3, -0.25) is 14.4 Å². The summed E-state index contributed by atoms with van der Waals surface area (Å²) in [6.07, 6.45) is 5.53. The van der Waals surface area contributed by atoms with Gasteiger partial charge >= 0.3 is 5.97 Å². The van der Waals surface area contributed by atoms with E-state index in [1.54, 1.807) is 10.7 Å². The van der Waals surface area contributed by atoms with Crippen LogP contribution in [-0.4, -0.2) is 117 Å². The number of carbonyl (C=O) groups is 4. The number of pyridine rings is 1. The van der Waals surface area contributed by atoms with Crippen molar-refractivity contribution in [2.45, 2.75) is 123 Å². The molecule has 1 aliphatic heterocycles. The van der Waals surface area contributed by atoms with Gasteiger partial charge in [-0.05, 0) is 82.5 Å². The predicted octanol–water partition coefficient (Wildman–Crippen LogP) is 5.26. The average molecular weight is 817 g/mol. The summed E-state index contributed by atoms with van der Waals surface area (Å²) in [5.41, 5.74) is -1.48. The molecular weight excluding hydrogens is 753 g/mol. The van der Waals surface area contributed by atoms with Gasteiger partial charge in [-0.25, -0.2) is 14.5 Å². The summed E-state index contributed by atoms with van der Waals surface area (Å²) in [7, 11) is 3.96. The van der Waals surface area contributed by atoms with Gasteiger partial charge < -0.3 is 40.3 Å². The number of likely N-dealkylation sites (N-methyl/N-ethyl adjacent to an activating group) is 1. The SMILES string of the molecule is CC[C@@H]1C[C@]1(NC(=O)[C@@H]1C[C@@H](Oc2cc(-n3ccc(NC(C)C)n3)nc3cc(OCCN(C)C)ccc23)CN1C(=O)[C@@H](NC(=O)C[C@@H]1CC[C@H](C)C1)C(C)(C)C)C(=O)O. The number of likely N-dealkylation sites (tertiary alicyclic amines) is 1. The summed E-state index contributed by atoms with van der Waals surface area (Å²) < 4.78 is 14.5. The van der Waals surface area contributed by atoms with Gasteiger partial charge in [-0.1, -0.05) is 47.5 Å². The molecule has 1 aromatic carbocycles. The molecule has 15 heteroatoms. The maximum absolute atomic E-state index is 14.8. The highest BCUT2D eigenvalue weighted by atomic mass is 16.5. The molecule has 0 radical (unpaired) electrons. The number of hydrogen-bond donors (Lipinski definition) is 4. The molecule has 3 amide bonds. The zero-order valence-electron chi connectivity index (χ0n) is 36.2. The summed E-state index contributed by atoms with van der Waals surface area (Å²) in [4.78, 5) is 63.5. The second-order valence-electron chi connectivity index (χ2n) is 18.7. The van der Waals surface area contributed by atoms with Crippen molar-refractivity contribution in [1.29, 1.82) is 0 Å². The molecule has 3 aromatic rings. The van der Waals surface area contributed by atoms with Crippen molar-refractivity contribution >= 4 is 40.4 Å². The molecular formula is C44H64N8O7. The standard InChI is InChI=1S/C44H64N8O7/c1-10-29-24-44(29,42(56)57)48-40(54)34-22-31(25-51(34)41(55)39(43(5,6)7)47-38(53)20-28-12-11-27(4)19-28)59-35-23-37(52-16-15-36(49-52)45-26(2)3)46-33-21-30(13-14-32(33)35)58-18-17-50(8)9/h13-16,21,23,26-29,31,34,39H,10-12,17-20,22,24-25H2,1-9H3,(H,45,49)(H,47,53)(H,48,54)(H,56,57)/t27-,28+,29+,31+,34-,39+,44+/m0/s1. The van der Waals surface area contributed by atoms with Gasteiger partial charge in [0, 0.05) is 55.2 Å². The number of aromatic nitrogens is 3. The molecule has 3 fully saturated rings. The Kier molecular flexibility index (Phi) is 13.1. The van der Waals surface area contributed by atoms with Gasteiger partial charge in [0.15, 0.2) is 5.82 Å². The van der Waals surface area contributed by atoms with E-state index < -0.39 is 46.9 Å². The van der Waals surface area contributed by atoms with Crippen LogP contribution in [0.4, 0.5) is 5.82 Å². The Morgan fingerprint density at radius 1 is 1.08 bits per heavy atom. The van der Waals surface area contributed by atoms with E-state index in [1.807, 2.05) is 91.0 Å². The van der Waals surface area contributed by atoms with Crippen LogP contribution >= 0.6 is 0 Å². The van der Waals surface area contributed by atoms with Crippen LogP contribution in [0.25, 0.3) is 16.7 Å². The van der Waals surface area contributed by atoms with Gasteiger partial charge in [0.05, 0.1) is 12.1 Å². The summed E-state index contributed by atoms with van der Waals surface area (Å²) in [5.74, 6) is 0.666. The van der Waals surface area contributed by atoms with Crippen LogP contribution in [0, 0.1) is 23.2 Å². The number of amides is 3. The number of ether oxygens (including phenoxy) is 2. The Labute approximate surface area is 347 Å². The molecule has 7 atom stereocenters. The zero-order valence-corrected chi connectivity index (χ0v) is 36.2. The fourth-order valence-corrected chi connectivity index (χ4v) is 8.59. The Balaban J connectivity index is 1.32. The Hall–Kier alpha value is -4.92. The van der Waals surface area contributed by atoms with Crippen molar-refractivity contribution < 1.29 is 33.8 Å². The van der Waals surface area contributed by atoms with Crippen molar-refractivity contribution in [2.75, 3.05) is 39.1 Å². The van der Waals surface area contributed by atoms with Crippen molar-refractivity contribution in [3.05, 3.63) is 36.5 Å². The van der Waals surface area contributed by atoms with E-state index in [0.717, 1.165) is 25.8 Å². The lowest BCUT2D eigenvalue weighted by Crippen LogP contribution is -2.59. The number of fused-ring (bicyclic) bond motifs is 1. The van der Waals surface area contributed by atoms with Gasteiger partial charge in [-0.2, -0.15) is 0 Å². The highest BCUT2D eigenvalue weighted by Gasteiger charge is 2.61. The van der Waals surface area contributed by atoms with Crippen molar-refractivity contribution in [3.8, 4) is 17.3 Å². The molecule has 3 heterocycles. The minimum atomic E-state index is -1.38. The number of carboxylic acids is 1. The third-order valence-electron chi connectivity index (χ3n) is 12.0. The van der Waals surface area contributed by atoms with E-state index in [2.05, 4.69) is 22.9 Å². The number of benzene rings is 1. The number of rotatable bonds is 17. The quantitative estimate of drug-likeness (QED) is 0.140. The van der Waals surface area contributed by atoms with Crippen LogP contribution in [0.15, 0.2) is 36.5 Å². The van der Waals surface area contributed by atoms with E-state index >= 15 is 0 Å². The smallest absolute Gasteiger partial charge is 0.329 e. The van der Waals surface area contributed by atoms with Crippen LogP contribution in [0.5, 0.6) is 11.5 Å². The lowest BCUT2D eigenvalue weighted by Gasteiger charge is -2.35. The molecule has 2 aliphatic carbocycles. The van der Waals surface area contributed by atoms with E-state index in [1.165, 1.54) is 4.90 Å². The number of carbonyl (C=O) groups excluding carboxylic acids is 3. The minimum absolute atomic E-state index is 0.0336. The molecule has 15 nitrogen and oxygen atoms in total. The van der Waals surface area contributed by atoms with E-state index in [-0.39, 0.29) is 36.8 Å². The number of carboxylic acid groups (broad SMARTS) is 1. The predicted molar refractivity (Wildman–Crippen MR) is 226 cm³/mol. The van der Waals surface area contributed by atoms with Gasteiger partial charge in [0.1, 0.15) is 47.7 Å². The van der Waals surface area contributed by atoms with E-state index in [4.69, 9.17) is 19.6 Å². The highest BCUT2D eigenvalue weighted by molar-refractivity contribution is 5.96. The Bertz CT molecular complexity index is 2010. The summed E-state index contributed by atoms with van der Waals surface area (Å²) in [5, 5.41) is 24.8. The highest BCUT2D eigenvalue weighted by Crippen LogP contribution is 2.46. The summed E-state index contributed by atoms with van der Waals surface area (Å²) in [6.45, 7) is 15.1. The molecule has 3 aliphatic rings. The first kappa shape index (κ1) is 43.7. The second-order valence-corrected chi connectivity index (χ2v) is 18.7. The molecule has 2 saturated carbocycles. The third-order valence-corrected chi connectivity index (χ3v) is 12.0. The first-order valence-corrected chi connectivity index (χ1v) is 21.2. The molecule has 0 unspecified atom stereocenters. The second kappa shape index (κ2) is 17.7. The maximum Gasteiger partial charge on any atom is 0.329 e. The van der Waals surface area contributed by atoms with Gasteiger partial charge in [0.25, 0.3) is 0 Å². The lowest BCUT2D eigenvalue weighted by atomic mass is 9.85. The molecule has 0 spiro atoms. The zero-order chi connectivity index (χ0) is 42.8. The van der Waals surface area contributed by atoms with Crippen LogP contribution < -0.4 is 25.4 Å². The van der Waals surface area contributed by atoms with Crippen LogP contribution in [0.1, 0.15) is 93.4 Å². The van der Waals surface area contributed by atoms with Gasteiger partial charge in [-0.15, -0.1) is 5.10 Å². The van der Waals surface area contributed by atoms with E-state index in [0.29, 0.717) is 65.8 Å². The number of nitrogens with one attached hydrogen (secondary N) is 3. The lowest BCUT2D eigenvalue weighted by molar-refractivity contribution is -0.147. The van der Waals surface area contributed by atoms with Crippen LogP contribution in [0.3, 0.4) is 0 Å². The van der Waals surface area contributed by atoms with Crippen molar-refractivity contribution in [3.63, 3.8) is 0 Å². The van der Waals surface area contributed by atoms with Crippen molar-refractivity contribution in [2.24, 2.45) is 23.2 Å². The molecule has 0 bridgehead atoms. The fraction of sp³-hybridized carbons (Fsp3) is 0.636. The molecule has 4 N–H and O–H groups in total. The van der Waals surface area contributed by atoms with Crippen molar-refractivity contribution in [1.82, 2.24) is 35.2 Å². The minimum Gasteiger partial charge on any atom is -0.492 e. The van der Waals surface area contributed by atoms with E-state index in [9.17, 15) is 24.3 Å².